The molecule has 0 atom stereocenters. The van der Waals surface area contributed by atoms with Gasteiger partial charge in [0.15, 0.2) is 0 Å². The molecule has 0 unspecified atom stereocenters. The number of nitrogens with one attached hydrogen (secondary N) is 1. The van der Waals surface area contributed by atoms with Crippen LogP contribution in [0.4, 0.5) is 5.95 Å². The smallest absolute Gasteiger partial charge is 0.203 e. The predicted molar refractivity (Wildman–Crippen MR) is 84.8 cm³/mol. The third-order valence-electron chi connectivity index (χ3n) is 3.25. The van der Waals surface area contributed by atoms with Crippen molar-refractivity contribution < 1.29 is 4.74 Å². The number of hydrogen-bond acceptors (Lipinski definition) is 4. The largest absolute Gasteiger partial charge is 0.385 e. The van der Waals surface area contributed by atoms with Crippen LogP contribution in [-0.4, -0.2) is 29.8 Å². The Morgan fingerprint density at radius 1 is 1.35 bits per heavy atom. The Hall–Kier alpha value is -1.33. The highest BCUT2D eigenvalue weighted by molar-refractivity contribution is 7.12. The minimum Gasteiger partial charge on any atom is -0.385 e. The average Bonchev–Trinajstić information content (AvgIpc) is 2.89. The summed E-state index contributed by atoms with van der Waals surface area (Å²) in [5.41, 5.74) is 2.42. The van der Waals surface area contributed by atoms with E-state index >= 15 is 0 Å². The molecule has 4 nitrogen and oxygen atoms in total. The van der Waals surface area contributed by atoms with Crippen LogP contribution in [-0.2, 0) is 11.3 Å². The van der Waals surface area contributed by atoms with Crippen LogP contribution in [0.1, 0.15) is 27.4 Å². The number of methoxy groups -OCH3 is 1. The van der Waals surface area contributed by atoms with Gasteiger partial charge in [-0.2, -0.15) is 0 Å². The standard InChI is InChI=1S/C15H23N3OS/c1-11-8-14(20-13(11)3)10-18-9-12(2)17-15(18)16-6-5-7-19-4/h8-9H,5-7,10H2,1-4H3,(H,16,17). The number of imidazole rings is 1. The van der Waals surface area contributed by atoms with E-state index in [9.17, 15) is 0 Å². The van der Waals surface area contributed by atoms with Crippen LogP contribution < -0.4 is 5.32 Å². The van der Waals surface area contributed by atoms with E-state index < -0.39 is 0 Å². The van der Waals surface area contributed by atoms with Crippen LogP contribution >= 0.6 is 11.3 Å². The molecule has 20 heavy (non-hydrogen) atoms. The molecule has 0 saturated heterocycles. The lowest BCUT2D eigenvalue weighted by Gasteiger charge is -2.08. The number of hydrogen-bond donors (Lipinski definition) is 1. The molecule has 0 radical (unpaired) electrons. The summed E-state index contributed by atoms with van der Waals surface area (Å²) in [7, 11) is 1.73. The highest BCUT2D eigenvalue weighted by Crippen LogP contribution is 2.23. The first-order valence-corrected chi connectivity index (χ1v) is 7.74. The molecule has 2 heterocycles. The van der Waals surface area contributed by atoms with E-state index in [-0.39, 0.29) is 0 Å². The van der Waals surface area contributed by atoms with Gasteiger partial charge in [-0.05, 0) is 38.8 Å². The molecule has 0 aliphatic rings. The first kappa shape index (κ1) is 15.1. The maximum Gasteiger partial charge on any atom is 0.203 e. The van der Waals surface area contributed by atoms with E-state index in [1.165, 1.54) is 15.3 Å². The first-order valence-electron chi connectivity index (χ1n) is 6.92. The fraction of sp³-hybridized carbons (Fsp3) is 0.533. The summed E-state index contributed by atoms with van der Waals surface area (Å²) in [5, 5.41) is 3.39. The van der Waals surface area contributed by atoms with E-state index in [0.717, 1.165) is 37.8 Å². The van der Waals surface area contributed by atoms with Gasteiger partial charge in [-0.15, -0.1) is 11.3 Å². The average molecular weight is 293 g/mol. The van der Waals surface area contributed by atoms with Gasteiger partial charge in [0, 0.05) is 36.2 Å². The van der Waals surface area contributed by atoms with Crippen molar-refractivity contribution >= 4 is 17.3 Å². The van der Waals surface area contributed by atoms with Crippen molar-refractivity contribution in [1.82, 2.24) is 9.55 Å². The number of nitrogens with zero attached hydrogens (tertiary/aromatic N) is 2. The quantitative estimate of drug-likeness (QED) is 0.796. The van der Waals surface area contributed by atoms with Gasteiger partial charge >= 0.3 is 0 Å². The van der Waals surface area contributed by atoms with Gasteiger partial charge in [0.2, 0.25) is 5.95 Å². The van der Waals surface area contributed by atoms with Crippen molar-refractivity contribution in [3.05, 3.63) is 33.3 Å². The van der Waals surface area contributed by atoms with Crippen LogP contribution in [0, 0.1) is 20.8 Å². The molecule has 2 rings (SSSR count). The predicted octanol–water partition coefficient (Wildman–Crippen LogP) is 3.37. The van der Waals surface area contributed by atoms with E-state index in [1.807, 2.05) is 18.3 Å². The summed E-state index contributed by atoms with van der Waals surface area (Å²) >= 11 is 1.86. The number of rotatable bonds is 7. The van der Waals surface area contributed by atoms with E-state index in [1.54, 1.807) is 7.11 Å². The normalized spacial score (nSPS) is 11.0. The molecule has 2 aromatic rings. The molecular weight excluding hydrogens is 270 g/mol. The number of anilines is 1. The second-order valence-electron chi connectivity index (χ2n) is 5.06. The summed E-state index contributed by atoms with van der Waals surface area (Å²) in [6.45, 7) is 8.91. The molecule has 0 aromatic carbocycles. The highest BCUT2D eigenvalue weighted by atomic mass is 32.1. The van der Waals surface area contributed by atoms with E-state index in [0.29, 0.717) is 0 Å². The number of aryl methyl sites for hydroxylation is 3. The fourth-order valence-corrected chi connectivity index (χ4v) is 3.17. The van der Waals surface area contributed by atoms with Crippen molar-refractivity contribution in [2.24, 2.45) is 0 Å². The zero-order valence-corrected chi connectivity index (χ0v) is 13.5. The molecule has 5 heteroatoms. The molecule has 0 spiro atoms. The molecule has 1 N–H and O–H groups in total. The second kappa shape index (κ2) is 6.90. The van der Waals surface area contributed by atoms with Crippen LogP contribution in [0.5, 0.6) is 0 Å². The molecule has 0 bridgehead atoms. The van der Waals surface area contributed by atoms with Crippen molar-refractivity contribution in [3.8, 4) is 0 Å². The van der Waals surface area contributed by atoms with Gasteiger partial charge < -0.3 is 14.6 Å². The lowest BCUT2D eigenvalue weighted by molar-refractivity contribution is 0.197. The third kappa shape index (κ3) is 3.84. The topological polar surface area (TPSA) is 39.1 Å². The van der Waals surface area contributed by atoms with Gasteiger partial charge in [0.05, 0.1) is 12.2 Å². The van der Waals surface area contributed by atoms with Gasteiger partial charge in [-0.25, -0.2) is 4.98 Å². The second-order valence-corrected chi connectivity index (χ2v) is 6.40. The van der Waals surface area contributed by atoms with Crippen molar-refractivity contribution in [3.63, 3.8) is 0 Å². The summed E-state index contributed by atoms with van der Waals surface area (Å²) < 4.78 is 7.25. The number of ether oxygens (including phenoxy) is 1. The van der Waals surface area contributed by atoms with Gasteiger partial charge in [0.1, 0.15) is 0 Å². The summed E-state index contributed by atoms with van der Waals surface area (Å²) in [6.07, 6.45) is 3.09. The monoisotopic (exact) mass is 293 g/mol. The fourth-order valence-electron chi connectivity index (χ4n) is 2.12. The lowest BCUT2D eigenvalue weighted by Crippen LogP contribution is -2.10. The minimum atomic E-state index is 0.774. The molecule has 0 aliphatic carbocycles. The Kier molecular flexibility index (Phi) is 5.20. The maximum atomic E-state index is 5.06. The van der Waals surface area contributed by atoms with E-state index in [2.05, 4.69) is 41.0 Å². The summed E-state index contributed by atoms with van der Waals surface area (Å²) in [4.78, 5) is 7.32. The zero-order valence-electron chi connectivity index (χ0n) is 12.7. The molecular formula is C15H23N3OS. The van der Waals surface area contributed by atoms with Crippen LogP contribution in [0.25, 0.3) is 0 Å². The van der Waals surface area contributed by atoms with Crippen molar-refractivity contribution in [1.29, 1.82) is 0 Å². The summed E-state index contributed by atoms with van der Waals surface area (Å²) in [6, 6.07) is 2.27. The zero-order chi connectivity index (χ0) is 14.5. The molecule has 2 aromatic heterocycles. The Labute approximate surface area is 124 Å². The van der Waals surface area contributed by atoms with Gasteiger partial charge in [-0.3, -0.25) is 0 Å². The van der Waals surface area contributed by atoms with Gasteiger partial charge in [0.25, 0.3) is 0 Å². The Morgan fingerprint density at radius 3 is 2.80 bits per heavy atom. The molecule has 0 amide bonds. The SMILES string of the molecule is COCCCNc1nc(C)cn1Cc1cc(C)c(C)s1. The Bertz CT molecular complexity index is 540. The van der Waals surface area contributed by atoms with Crippen LogP contribution in [0.15, 0.2) is 12.3 Å². The van der Waals surface area contributed by atoms with Crippen LogP contribution in [0.3, 0.4) is 0 Å². The molecule has 0 saturated carbocycles. The lowest BCUT2D eigenvalue weighted by atomic mass is 10.3. The molecule has 110 valence electrons. The number of thiophene rings is 1. The molecule has 0 fully saturated rings. The highest BCUT2D eigenvalue weighted by Gasteiger charge is 2.08. The molecule has 0 aliphatic heterocycles. The Morgan fingerprint density at radius 2 is 2.15 bits per heavy atom. The van der Waals surface area contributed by atoms with Crippen LogP contribution in [0.2, 0.25) is 0 Å². The first-order chi connectivity index (χ1) is 9.60. The summed E-state index contributed by atoms with van der Waals surface area (Å²) in [5.74, 6) is 0.947. The van der Waals surface area contributed by atoms with Gasteiger partial charge in [-0.1, -0.05) is 0 Å². The van der Waals surface area contributed by atoms with E-state index in [4.69, 9.17) is 4.74 Å². The third-order valence-corrected chi connectivity index (χ3v) is 4.39. The number of aromatic nitrogens is 2. The Balaban J connectivity index is 2.03. The minimum absolute atomic E-state index is 0.774. The van der Waals surface area contributed by atoms with Crippen molar-refractivity contribution in [2.45, 2.75) is 33.7 Å². The maximum absolute atomic E-state index is 5.06. The van der Waals surface area contributed by atoms with Crippen molar-refractivity contribution in [2.75, 3.05) is 25.6 Å².